The second-order valence-electron chi connectivity index (χ2n) is 4.67. The van der Waals surface area contributed by atoms with E-state index in [1.807, 2.05) is 37.8 Å². The number of aromatic nitrogens is 3. The zero-order chi connectivity index (χ0) is 14.0. The maximum atomic E-state index is 11.5. The van der Waals surface area contributed by atoms with Crippen LogP contribution in [0.5, 0.6) is 0 Å². The summed E-state index contributed by atoms with van der Waals surface area (Å²) in [7, 11) is 1.95. The summed E-state index contributed by atoms with van der Waals surface area (Å²) in [6.07, 6.45) is 1.85. The molecule has 2 heterocycles. The summed E-state index contributed by atoms with van der Waals surface area (Å²) >= 11 is 0. The van der Waals surface area contributed by atoms with Crippen molar-refractivity contribution in [2.45, 2.75) is 33.9 Å². The number of rotatable bonds is 4. The topological polar surface area (TPSA) is 51.9 Å². The Balaban J connectivity index is 2.16. The van der Waals surface area contributed by atoms with E-state index in [1.165, 1.54) is 5.56 Å². The van der Waals surface area contributed by atoms with Crippen molar-refractivity contribution in [3.8, 4) is 0 Å². The number of nitrogens with one attached hydrogen (secondary N) is 1. The molecule has 0 aliphatic heterocycles. The molecule has 0 spiro atoms. The average molecular weight is 260 g/mol. The van der Waals surface area contributed by atoms with Gasteiger partial charge in [-0.1, -0.05) is 0 Å². The zero-order valence-corrected chi connectivity index (χ0v) is 11.9. The van der Waals surface area contributed by atoms with Gasteiger partial charge >= 0.3 is 0 Å². The Morgan fingerprint density at radius 1 is 1.32 bits per heavy atom. The molecule has 0 amide bonds. The van der Waals surface area contributed by atoms with Crippen LogP contribution >= 0.6 is 0 Å². The highest BCUT2D eigenvalue weighted by atomic mass is 16.1. The smallest absolute Gasteiger partial charge is 0.250 e. The molecule has 19 heavy (non-hydrogen) atoms. The zero-order valence-electron chi connectivity index (χ0n) is 11.9. The fourth-order valence-corrected chi connectivity index (χ4v) is 2.15. The number of pyridine rings is 1. The first-order chi connectivity index (χ1) is 9.02. The van der Waals surface area contributed by atoms with Crippen molar-refractivity contribution < 1.29 is 0 Å². The normalized spacial score (nSPS) is 10.7. The quantitative estimate of drug-likeness (QED) is 0.912. The number of aryl methyl sites for hydroxylation is 3. The van der Waals surface area contributed by atoms with Crippen LogP contribution < -0.4 is 10.9 Å². The van der Waals surface area contributed by atoms with Crippen molar-refractivity contribution in [2.75, 3.05) is 5.32 Å². The SMILES string of the molecule is CCn1cc(NCc2c(C)nn(C)c2C)ccc1=O. The molecule has 0 unspecified atom stereocenters. The van der Waals surface area contributed by atoms with Gasteiger partial charge in [-0.25, -0.2) is 0 Å². The number of hydrogen-bond acceptors (Lipinski definition) is 3. The molecule has 2 aromatic heterocycles. The van der Waals surface area contributed by atoms with E-state index in [0.717, 1.165) is 17.1 Å². The van der Waals surface area contributed by atoms with Gasteiger partial charge in [0.25, 0.3) is 5.56 Å². The summed E-state index contributed by atoms with van der Waals surface area (Å²) in [6, 6.07) is 3.41. The van der Waals surface area contributed by atoms with E-state index < -0.39 is 0 Å². The first-order valence-corrected chi connectivity index (χ1v) is 6.46. The Labute approximate surface area is 112 Å². The molecule has 0 atom stereocenters. The van der Waals surface area contributed by atoms with E-state index in [2.05, 4.69) is 17.3 Å². The average Bonchev–Trinajstić information content (AvgIpc) is 2.63. The van der Waals surface area contributed by atoms with E-state index in [4.69, 9.17) is 0 Å². The van der Waals surface area contributed by atoms with Crippen LogP contribution in [0.25, 0.3) is 0 Å². The van der Waals surface area contributed by atoms with Crippen LogP contribution in [0.4, 0.5) is 5.69 Å². The summed E-state index contributed by atoms with van der Waals surface area (Å²) in [5.74, 6) is 0. The fourth-order valence-electron chi connectivity index (χ4n) is 2.15. The maximum absolute atomic E-state index is 11.5. The molecule has 2 aromatic rings. The molecule has 5 nitrogen and oxygen atoms in total. The number of nitrogens with zero attached hydrogens (tertiary/aromatic N) is 3. The molecule has 0 radical (unpaired) electrons. The van der Waals surface area contributed by atoms with Crippen molar-refractivity contribution in [1.82, 2.24) is 14.3 Å². The first-order valence-electron chi connectivity index (χ1n) is 6.46. The highest BCUT2D eigenvalue weighted by Gasteiger charge is 2.08. The van der Waals surface area contributed by atoms with Gasteiger partial charge in [-0.15, -0.1) is 0 Å². The van der Waals surface area contributed by atoms with E-state index in [-0.39, 0.29) is 5.56 Å². The number of anilines is 1. The summed E-state index contributed by atoms with van der Waals surface area (Å²) in [5.41, 5.74) is 4.38. The minimum absolute atomic E-state index is 0.0294. The highest BCUT2D eigenvalue weighted by molar-refractivity contribution is 5.42. The molecule has 102 valence electrons. The van der Waals surface area contributed by atoms with Crippen molar-refractivity contribution >= 4 is 5.69 Å². The Morgan fingerprint density at radius 3 is 2.63 bits per heavy atom. The Kier molecular flexibility index (Phi) is 3.74. The third kappa shape index (κ3) is 2.70. The lowest BCUT2D eigenvalue weighted by atomic mass is 10.2. The van der Waals surface area contributed by atoms with Crippen molar-refractivity contribution in [3.05, 3.63) is 45.6 Å². The molecule has 1 N–H and O–H groups in total. The van der Waals surface area contributed by atoms with Crippen molar-refractivity contribution in [1.29, 1.82) is 0 Å². The molecule has 0 aromatic carbocycles. The Bertz CT molecular complexity index is 639. The molecule has 0 aliphatic rings. The van der Waals surface area contributed by atoms with Gasteiger partial charge in [0, 0.05) is 43.7 Å². The van der Waals surface area contributed by atoms with Crippen LogP contribution in [-0.4, -0.2) is 14.3 Å². The predicted molar refractivity (Wildman–Crippen MR) is 76.4 cm³/mol. The molecule has 0 aliphatic carbocycles. The van der Waals surface area contributed by atoms with Gasteiger partial charge in [-0.3, -0.25) is 9.48 Å². The molecular weight excluding hydrogens is 240 g/mol. The molecule has 2 rings (SSSR count). The van der Waals surface area contributed by atoms with E-state index in [1.54, 1.807) is 10.6 Å². The summed E-state index contributed by atoms with van der Waals surface area (Å²) in [6.45, 7) is 7.42. The second-order valence-corrected chi connectivity index (χ2v) is 4.67. The van der Waals surface area contributed by atoms with E-state index in [0.29, 0.717) is 13.1 Å². The van der Waals surface area contributed by atoms with E-state index in [9.17, 15) is 4.79 Å². The summed E-state index contributed by atoms with van der Waals surface area (Å²) in [4.78, 5) is 11.5. The van der Waals surface area contributed by atoms with Gasteiger partial charge in [0.1, 0.15) is 0 Å². The summed E-state index contributed by atoms with van der Waals surface area (Å²) in [5, 5.41) is 7.74. The number of hydrogen-bond donors (Lipinski definition) is 1. The maximum Gasteiger partial charge on any atom is 0.250 e. The first kappa shape index (κ1) is 13.4. The molecule has 5 heteroatoms. The highest BCUT2D eigenvalue weighted by Crippen LogP contribution is 2.14. The fraction of sp³-hybridized carbons (Fsp3) is 0.429. The van der Waals surface area contributed by atoms with Gasteiger partial charge in [0.05, 0.1) is 11.4 Å². The third-order valence-corrected chi connectivity index (χ3v) is 3.45. The predicted octanol–water partition coefficient (Wildman–Crippen LogP) is 1.83. The summed E-state index contributed by atoms with van der Waals surface area (Å²) < 4.78 is 3.57. The molecule has 0 saturated carbocycles. The van der Waals surface area contributed by atoms with Gasteiger partial charge in [-0.05, 0) is 26.8 Å². The van der Waals surface area contributed by atoms with Crippen LogP contribution in [0.3, 0.4) is 0 Å². The second kappa shape index (κ2) is 5.30. The minimum Gasteiger partial charge on any atom is -0.380 e. The minimum atomic E-state index is 0.0294. The van der Waals surface area contributed by atoms with Crippen molar-refractivity contribution in [3.63, 3.8) is 0 Å². The third-order valence-electron chi connectivity index (χ3n) is 3.45. The lowest BCUT2D eigenvalue weighted by Crippen LogP contribution is -2.18. The van der Waals surface area contributed by atoms with E-state index >= 15 is 0 Å². The van der Waals surface area contributed by atoms with Crippen LogP contribution in [0, 0.1) is 13.8 Å². The van der Waals surface area contributed by atoms with Gasteiger partial charge in [0.2, 0.25) is 0 Å². The van der Waals surface area contributed by atoms with Crippen molar-refractivity contribution in [2.24, 2.45) is 7.05 Å². The van der Waals surface area contributed by atoms with Crippen LogP contribution in [-0.2, 0) is 20.1 Å². The van der Waals surface area contributed by atoms with Crippen LogP contribution in [0.15, 0.2) is 23.1 Å². The monoisotopic (exact) mass is 260 g/mol. The lowest BCUT2D eigenvalue weighted by molar-refractivity contribution is 0.727. The lowest BCUT2D eigenvalue weighted by Gasteiger charge is -2.09. The molecule has 0 saturated heterocycles. The molecule has 0 bridgehead atoms. The van der Waals surface area contributed by atoms with Crippen LogP contribution in [0.2, 0.25) is 0 Å². The standard InChI is InChI=1S/C14H20N4O/c1-5-18-9-12(6-7-14(18)19)15-8-13-10(2)16-17(4)11(13)3/h6-7,9,15H,5,8H2,1-4H3. The Morgan fingerprint density at radius 2 is 2.05 bits per heavy atom. The Hall–Kier alpha value is -2.04. The largest absolute Gasteiger partial charge is 0.380 e. The van der Waals surface area contributed by atoms with Gasteiger partial charge in [0.15, 0.2) is 0 Å². The molecular formula is C14H20N4O. The van der Waals surface area contributed by atoms with Gasteiger partial charge < -0.3 is 9.88 Å². The van der Waals surface area contributed by atoms with Gasteiger partial charge in [-0.2, -0.15) is 5.10 Å². The molecule has 0 fully saturated rings. The van der Waals surface area contributed by atoms with Crippen LogP contribution in [0.1, 0.15) is 23.9 Å².